The smallest absolute Gasteiger partial charge is 0.244 e. The normalized spacial score (nSPS) is 12.2. The summed E-state index contributed by atoms with van der Waals surface area (Å²) in [7, 11) is -3.74. The standard InChI is InChI=1S/C23H30ClN3O4S/c1-5-21(23(29)25-6-2)26(15-18-9-7-8-10-20(18)24)22(28)16-27(32(4,30)31)19-13-11-17(3)12-14-19/h7-14,21H,5-6,15-16H2,1-4H3,(H,25,29)/t21-/m0/s1. The first-order valence-corrected chi connectivity index (χ1v) is 12.7. The lowest BCUT2D eigenvalue weighted by Crippen LogP contribution is -2.52. The minimum Gasteiger partial charge on any atom is -0.355 e. The van der Waals surface area contributed by atoms with Crippen LogP contribution in [0.25, 0.3) is 0 Å². The number of hydrogen-bond acceptors (Lipinski definition) is 4. The summed E-state index contributed by atoms with van der Waals surface area (Å²) >= 11 is 6.31. The zero-order chi connectivity index (χ0) is 23.9. The maximum atomic E-state index is 13.5. The van der Waals surface area contributed by atoms with Gasteiger partial charge in [0.15, 0.2) is 0 Å². The predicted octanol–water partition coefficient (Wildman–Crippen LogP) is 3.36. The Kier molecular flexibility index (Phi) is 9.09. The fourth-order valence-electron chi connectivity index (χ4n) is 3.35. The SMILES string of the molecule is CCNC(=O)[C@H](CC)N(Cc1ccccc1Cl)C(=O)CN(c1ccc(C)cc1)S(C)(=O)=O. The summed E-state index contributed by atoms with van der Waals surface area (Å²) in [5.74, 6) is -0.786. The second-order valence-electron chi connectivity index (χ2n) is 7.54. The number of sulfonamides is 1. The number of carbonyl (C=O) groups is 2. The van der Waals surface area contributed by atoms with Crippen molar-refractivity contribution in [3.05, 3.63) is 64.7 Å². The van der Waals surface area contributed by atoms with Crippen molar-refractivity contribution in [1.29, 1.82) is 0 Å². The molecule has 9 heteroatoms. The summed E-state index contributed by atoms with van der Waals surface area (Å²) in [5.41, 5.74) is 2.03. The molecule has 0 aliphatic carbocycles. The number of likely N-dealkylation sites (N-methyl/N-ethyl adjacent to an activating group) is 1. The van der Waals surface area contributed by atoms with Crippen molar-refractivity contribution in [2.75, 3.05) is 23.7 Å². The van der Waals surface area contributed by atoms with Crippen molar-refractivity contribution in [1.82, 2.24) is 10.2 Å². The van der Waals surface area contributed by atoms with Gasteiger partial charge in [-0.3, -0.25) is 13.9 Å². The van der Waals surface area contributed by atoms with Crippen molar-refractivity contribution in [3.8, 4) is 0 Å². The first-order chi connectivity index (χ1) is 15.1. The van der Waals surface area contributed by atoms with Crippen molar-refractivity contribution in [2.45, 2.75) is 39.8 Å². The van der Waals surface area contributed by atoms with Gasteiger partial charge >= 0.3 is 0 Å². The molecule has 2 aromatic rings. The summed E-state index contributed by atoms with van der Waals surface area (Å²) in [4.78, 5) is 27.6. The lowest BCUT2D eigenvalue weighted by Gasteiger charge is -2.33. The molecular weight excluding hydrogens is 450 g/mol. The molecule has 32 heavy (non-hydrogen) atoms. The Labute approximate surface area is 195 Å². The number of nitrogens with zero attached hydrogens (tertiary/aromatic N) is 2. The Morgan fingerprint density at radius 3 is 2.22 bits per heavy atom. The van der Waals surface area contributed by atoms with Crippen molar-refractivity contribution in [3.63, 3.8) is 0 Å². The quantitative estimate of drug-likeness (QED) is 0.566. The van der Waals surface area contributed by atoms with E-state index in [1.54, 1.807) is 62.4 Å². The van der Waals surface area contributed by atoms with Crippen LogP contribution in [0.15, 0.2) is 48.5 Å². The van der Waals surface area contributed by atoms with Crippen LogP contribution in [0.4, 0.5) is 5.69 Å². The van der Waals surface area contributed by atoms with Crippen LogP contribution >= 0.6 is 11.6 Å². The van der Waals surface area contributed by atoms with Gasteiger partial charge in [0.2, 0.25) is 21.8 Å². The summed E-state index contributed by atoms with van der Waals surface area (Å²) in [5, 5.41) is 3.22. The molecule has 0 saturated carbocycles. The van der Waals surface area contributed by atoms with Crippen molar-refractivity contribution < 1.29 is 18.0 Å². The van der Waals surface area contributed by atoms with Gasteiger partial charge in [0.05, 0.1) is 11.9 Å². The first kappa shape index (κ1) is 25.7. The molecule has 7 nitrogen and oxygen atoms in total. The Morgan fingerprint density at radius 2 is 1.69 bits per heavy atom. The van der Waals surface area contributed by atoms with Crippen LogP contribution < -0.4 is 9.62 Å². The number of rotatable bonds is 10. The molecule has 0 saturated heterocycles. The molecule has 0 aliphatic heterocycles. The number of hydrogen-bond donors (Lipinski definition) is 1. The van der Waals surface area contributed by atoms with E-state index in [1.165, 1.54) is 4.90 Å². The highest BCUT2D eigenvalue weighted by molar-refractivity contribution is 7.92. The van der Waals surface area contributed by atoms with Gasteiger partial charge in [-0.2, -0.15) is 0 Å². The van der Waals surface area contributed by atoms with E-state index >= 15 is 0 Å². The van der Waals surface area contributed by atoms with E-state index in [-0.39, 0.29) is 12.5 Å². The third-order valence-corrected chi connectivity index (χ3v) is 6.55. The summed E-state index contributed by atoms with van der Waals surface area (Å²) in [6, 6.07) is 13.2. The molecular formula is C23H30ClN3O4S. The van der Waals surface area contributed by atoms with Crippen molar-refractivity contribution in [2.24, 2.45) is 0 Å². The largest absolute Gasteiger partial charge is 0.355 e. The van der Waals surface area contributed by atoms with Crippen LogP contribution in [0, 0.1) is 6.92 Å². The molecule has 0 radical (unpaired) electrons. The molecule has 0 bridgehead atoms. The lowest BCUT2D eigenvalue weighted by atomic mass is 10.1. The molecule has 0 fully saturated rings. The molecule has 0 aromatic heterocycles. The molecule has 0 aliphatic rings. The Bertz CT molecular complexity index is 1040. The molecule has 0 spiro atoms. The third kappa shape index (κ3) is 6.71. The van der Waals surface area contributed by atoms with E-state index < -0.39 is 28.5 Å². The van der Waals surface area contributed by atoms with Gasteiger partial charge in [-0.25, -0.2) is 8.42 Å². The van der Waals surface area contributed by atoms with Gasteiger partial charge in [0, 0.05) is 18.1 Å². The molecule has 1 N–H and O–H groups in total. The molecule has 2 rings (SSSR count). The van der Waals surface area contributed by atoms with E-state index in [1.807, 2.05) is 6.92 Å². The van der Waals surface area contributed by atoms with Gasteiger partial charge < -0.3 is 10.2 Å². The molecule has 2 amide bonds. The van der Waals surface area contributed by atoms with Crippen LogP contribution in [0.5, 0.6) is 0 Å². The monoisotopic (exact) mass is 479 g/mol. The Balaban J connectivity index is 2.43. The highest BCUT2D eigenvalue weighted by Crippen LogP contribution is 2.22. The second-order valence-corrected chi connectivity index (χ2v) is 9.85. The summed E-state index contributed by atoms with van der Waals surface area (Å²) in [6.45, 7) is 5.57. The van der Waals surface area contributed by atoms with E-state index in [4.69, 9.17) is 11.6 Å². The van der Waals surface area contributed by atoms with Crippen LogP contribution in [-0.4, -0.2) is 50.5 Å². The third-order valence-electron chi connectivity index (χ3n) is 5.04. The highest BCUT2D eigenvalue weighted by atomic mass is 35.5. The van der Waals surface area contributed by atoms with Crippen LogP contribution in [-0.2, 0) is 26.2 Å². The summed E-state index contributed by atoms with van der Waals surface area (Å²) in [6.07, 6.45) is 1.42. The number of benzene rings is 2. The van der Waals surface area contributed by atoms with E-state index in [9.17, 15) is 18.0 Å². The molecule has 0 unspecified atom stereocenters. The summed E-state index contributed by atoms with van der Waals surface area (Å²) < 4.78 is 26.1. The van der Waals surface area contributed by atoms with E-state index in [0.29, 0.717) is 29.2 Å². The number of halogens is 1. The number of anilines is 1. The van der Waals surface area contributed by atoms with Crippen molar-refractivity contribution >= 4 is 39.1 Å². The lowest BCUT2D eigenvalue weighted by molar-refractivity contribution is -0.140. The van der Waals surface area contributed by atoms with Gasteiger partial charge in [-0.05, 0) is 44.0 Å². The Hall–Kier alpha value is -2.58. The second kappa shape index (κ2) is 11.3. The molecule has 1 atom stereocenters. The minimum atomic E-state index is -3.74. The number of aryl methyl sites for hydroxylation is 1. The average molecular weight is 480 g/mol. The maximum absolute atomic E-state index is 13.5. The van der Waals surface area contributed by atoms with Crippen LogP contribution in [0.3, 0.4) is 0 Å². The number of amides is 2. The van der Waals surface area contributed by atoms with E-state index in [2.05, 4.69) is 5.32 Å². The molecule has 174 valence electrons. The fraction of sp³-hybridized carbons (Fsp3) is 0.391. The zero-order valence-corrected chi connectivity index (χ0v) is 20.4. The number of nitrogens with one attached hydrogen (secondary N) is 1. The van der Waals surface area contributed by atoms with Gasteiger partial charge in [0.25, 0.3) is 0 Å². The molecule has 0 heterocycles. The zero-order valence-electron chi connectivity index (χ0n) is 18.8. The highest BCUT2D eigenvalue weighted by Gasteiger charge is 2.31. The Morgan fingerprint density at radius 1 is 1.06 bits per heavy atom. The van der Waals surface area contributed by atoms with Crippen LogP contribution in [0.2, 0.25) is 5.02 Å². The first-order valence-electron chi connectivity index (χ1n) is 10.4. The fourth-order valence-corrected chi connectivity index (χ4v) is 4.39. The topological polar surface area (TPSA) is 86.8 Å². The van der Waals surface area contributed by atoms with Gasteiger partial charge in [-0.15, -0.1) is 0 Å². The van der Waals surface area contributed by atoms with Gasteiger partial charge in [0.1, 0.15) is 12.6 Å². The average Bonchev–Trinajstić information content (AvgIpc) is 2.73. The maximum Gasteiger partial charge on any atom is 0.244 e. The minimum absolute atomic E-state index is 0.0830. The van der Waals surface area contributed by atoms with Gasteiger partial charge in [-0.1, -0.05) is 54.4 Å². The number of carbonyl (C=O) groups excluding carboxylic acids is 2. The molecule has 2 aromatic carbocycles. The van der Waals surface area contributed by atoms with Crippen LogP contribution in [0.1, 0.15) is 31.4 Å². The van der Waals surface area contributed by atoms with E-state index in [0.717, 1.165) is 16.1 Å². The predicted molar refractivity (Wildman–Crippen MR) is 128 cm³/mol.